The van der Waals surface area contributed by atoms with E-state index in [1.54, 1.807) is 11.3 Å². The fourth-order valence-electron chi connectivity index (χ4n) is 2.67. The number of rotatable bonds is 6. The van der Waals surface area contributed by atoms with Crippen LogP contribution in [0.1, 0.15) is 22.0 Å². The smallest absolute Gasteiger partial charge is 0.125 e. The number of aliphatic hydroxyl groups is 1. The molecule has 2 aromatic rings. The summed E-state index contributed by atoms with van der Waals surface area (Å²) in [6.07, 6.45) is 2.36. The van der Waals surface area contributed by atoms with Crippen LogP contribution in [0.5, 0.6) is 0 Å². The number of β-amino-alcohol motifs (C(OH)–C–C–N with tert-alkyl or cyclic N) is 1. The minimum atomic E-state index is -0.465. The lowest BCUT2D eigenvalue weighted by Crippen LogP contribution is -2.38. The van der Waals surface area contributed by atoms with Gasteiger partial charge in [-0.05, 0) is 18.4 Å². The van der Waals surface area contributed by atoms with Gasteiger partial charge in [-0.1, -0.05) is 6.07 Å². The SMILES string of the molecule is Cc1ncc2c(n1)CCN(CC(O)COCc1cccs1)C2. The Morgan fingerprint density at radius 1 is 1.50 bits per heavy atom. The third-order valence-corrected chi connectivity index (χ3v) is 4.59. The third kappa shape index (κ3) is 4.10. The van der Waals surface area contributed by atoms with Crippen molar-refractivity contribution in [3.05, 3.63) is 45.7 Å². The summed E-state index contributed by atoms with van der Waals surface area (Å²) in [5.74, 6) is 0.828. The maximum Gasteiger partial charge on any atom is 0.125 e. The molecule has 1 unspecified atom stereocenters. The van der Waals surface area contributed by atoms with Gasteiger partial charge >= 0.3 is 0 Å². The summed E-state index contributed by atoms with van der Waals surface area (Å²) in [7, 11) is 0. The molecule has 5 nitrogen and oxygen atoms in total. The van der Waals surface area contributed by atoms with Crippen LogP contribution in [0.4, 0.5) is 0 Å². The summed E-state index contributed by atoms with van der Waals surface area (Å²) < 4.78 is 5.58. The van der Waals surface area contributed by atoms with E-state index in [2.05, 4.69) is 14.9 Å². The minimum absolute atomic E-state index is 0.367. The van der Waals surface area contributed by atoms with Crippen molar-refractivity contribution in [3.8, 4) is 0 Å². The molecule has 0 amide bonds. The molecule has 0 radical (unpaired) electrons. The number of hydrogen-bond acceptors (Lipinski definition) is 6. The van der Waals surface area contributed by atoms with E-state index in [9.17, 15) is 5.11 Å². The van der Waals surface area contributed by atoms with Crippen LogP contribution in [0.15, 0.2) is 23.7 Å². The molecule has 3 rings (SSSR count). The Hall–Kier alpha value is -1.34. The number of nitrogens with zero attached hydrogens (tertiary/aromatic N) is 3. The number of aryl methyl sites for hydroxylation is 1. The van der Waals surface area contributed by atoms with Gasteiger partial charge in [0.25, 0.3) is 0 Å². The van der Waals surface area contributed by atoms with Crippen molar-refractivity contribution in [2.45, 2.75) is 32.6 Å². The van der Waals surface area contributed by atoms with Gasteiger partial charge < -0.3 is 9.84 Å². The highest BCUT2D eigenvalue weighted by Gasteiger charge is 2.20. The summed E-state index contributed by atoms with van der Waals surface area (Å²) in [5, 5.41) is 12.2. The zero-order valence-corrected chi connectivity index (χ0v) is 13.6. The van der Waals surface area contributed by atoms with Gasteiger partial charge in [-0.15, -0.1) is 11.3 Å². The van der Waals surface area contributed by atoms with E-state index >= 15 is 0 Å². The number of fused-ring (bicyclic) bond motifs is 1. The maximum atomic E-state index is 10.1. The second kappa shape index (κ2) is 7.28. The van der Waals surface area contributed by atoms with Gasteiger partial charge in [0.2, 0.25) is 0 Å². The van der Waals surface area contributed by atoms with Gasteiger partial charge in [0, 0.05) is 48.4 Å². The fourth-order valence-corrected chi connectivity index (χ4v) is 3.31. The van der Waals surface area contributed by atoms with Gasteiger partial charge in [-0.2, -0.15) is 0 Å². The Bertz CT molecular complexity index is 603. The summed E-state index contributed by atoms with van der Waals surface area (Å²) in [4.78, 5) is 12.2. The summed E-state index contributed by atoms with van der Waals surface area (Å²) in [6, 6.07) is 4.05. The highest BCUT2D eigenvalue weighted by atomic mass is 32.1. The quantitative estimate of drug-likeness (QED) is 0.879. The predicted octanol–water partition coefficient (Wildman–Crippen LogP) is 1.78. The average molecular weight is 319 g/mol. The monoisotopic (exact) mass is 319 g/mol. The lowest BCUT2D eigenvalue weighted by molar-refractivity contribution is 0.00836. The van der Waals surface area contributed by atoms with Crippen molar-refractivity contribution < 1.29 is 9.84 Å². The van der Waals surface area contributed by atoms with E-state index in [1.165, 1.54) is 10.4 Å². The zero-order valence-electron chi connectivity index (χ0n) is 12.7. The van der Waals surface area contributed by atoms with Crippen molar-refractivity contribution in [1.29, 1.82) is 0 Å². The molecular weight excluding hydrogens is 298 g/mol. The molecule has 1 atom stereocenters. The van der Waals surface area contributed by atoms with Crippen molar-refractivity contribution >= 4 is 11.3 Å². The van der Waals surface area contributed by atoms with E-state index in [1.807, 2.05) is 30.6 Å². The standard InChI is InChI=1S/C16H21N3O2S/c1-12-17-7-13-8-19(5-4-16(13)18-12)9-14(20)10-21-11-15-3-2-6-22-15/h2-3,6-7,14,20H,4-5,8-11H2,1H3. The molecule has 118 valence electrons. The molecule has 1 aliphatic heterocycles. The lowest BCUT2D eigenvalue weighted by atomic mass is 10.1. The number of hydrogen-bond donors (Lipinski definition) is 1. The van der Waals surface area contributed by atoms with Crippen LogP contribution in [-0.4, -0.2) is 45.8 Å². The summed E-state index contributed by atoms with van der Waals surface area (Å²) >= 11 is 1.67. The predicted molar refractivity (Wildman–Crippen MR) is 85.7 cm³/mol. The molecule has 0 spiro atoms. The fraction of sp³-hybridized carbons (Fsp3) is 0.500. The van der Waals surface area contributed by atoms with Gasteiger partial charge in [0.15, 0.2) is 0 Å². The number of aliphatic hydroxyl groups excluding tert-OH is 1. The highest BCUT2D eigenvalue weighted by molar-refractivity contribution is 7.09. The number of aromatic nitrogens is 2. The van der Waals surface area contributed by atoms with Crippen LogP contribution in [0.25, 0.3) is 0 Å². The molecule has 3 heterocycles. The molecule has 2 aromatic heterocycles. The molecule has 6 heteroatoms. The Morgan fingerprint density at radius 3 is 3.23 bits per heavy atom. The third-order valence-electron chi connectivity index (χ3n) is 3.74. The first-order valence-electron chi connectivity index (χ1n) is 7.52. The Labute approximate surface area is 134 Å². The molecule has 0 fully saturated rings. The van der Waals surface area contributed by atoms with E-state index in [0.29, 0.717) is 19.8 Å². The first kappa shape index (κ1) is 15.6. The second-order valence-electron chi connectivity index (χ2n) is 5.62. The van der Waals surface area contributed by atoms with Crippen LogP contribution in [-0.2, 0) is 24.3 Å². The Balaban J connectivity index is 1.44. The van der Waals surface area contributed by atoms with E-state index < -0.39 is 6.10 Å². The van der Waals surface area contributed by atoms with Crippen molar-refractivity contribution in [2.24, 2.45) is 0 Å². The zero-order chi connectivity index (χ0) is 15.4. The van der Waals surface area contributed by atoms with E-state index in [-0.39, 0.29) is 0 Å². The molecule has 0 saturated carbocycles. The van der Waals surface area contributed by atoms with Crippen LogP contribution >= 0.6 is 11.3 Å². The van der Waals surface area contributed by atoms with E-state index in [4.69, 9.17) is 4.74 Å². The highest BCUT2D eigenvalue weighted by Crippen LogP contribution is 2.16. The molecule has 0 saturated heterocycles. The molecular formula is C16H21N3O2S. The molecule has 1 aliphatic rings. The summed E-state index contributed by atoms with van der Waals surface area (Å²) in [6.45, 7) is 5.21. The molecule has 22 heavy (non-hydrogen) atoms. The van der Waals surface area contributed by atoms with Crippen molar-refractivity contribution in [1.82, 2.24) is 14.9 Å². The van der Waals surface area contributed by atoms with E-state index in [0.717, 1.165) is 31.0 Å². The normalized spacial score (nSPS) is 16.5. The number of ether oxygens (including phenoxy) is 1. The Kier molecular flexibility index (Phi) is 5.15. The largest absolute Gasteiger partial charge is 0.389 e. The minimum Gasteiger partial charge on any atom is -0.389 e. The summed E-state index contributed by atoms with van der Waals surface area (Å²) in [5.41, 5.74) is 2.32. The maximum absolute atomic E-state index is 10.1. The molecule has 0 aliphatic carbocycles. The van der Waals surface area contributed by atoms with Crippen molar-refractivity contribution in [2.75, 3.05) is 19.7 Å². The van der Waals surface area contributed by atoms with Gasteiger partial charge in [0.1, 0.15) is 5.82 Å². The molecule has 1 N–H and O–H groups in total. The van der Waals surface area contributed by atoms with Gasteiger partial charge in [-0.25, -0.2) is 9.97 Å². The van der Waals surface area contributed by atoms with Crippen LogP contribution in [0.2, 0.25) is 0 Å². The molecule has 0 aromatic carbocycles. The first-order valence-corrected chi connectivity index (χ1v) is 8.40. The lowest BCUT2D eigenvalue weighted by Gasteiger charge is -2.29. The number of thiophene rings is 1. The Morgan fingerprint density at radius 2 is 2.41 bits per heavy atom. The topological polar surface area (TPSA) is 58.5 Å². The van der Waals surface area contributed by atoms with Crippen LogP contribution in [0.3, 0.4) is 0 Å². The van der Waals surface area contributed by atoms with Crippen LogP contribution in [0, 0.1) is 6.92 Å². The van der Waals surface area contributed by atoms with Crippen LogP contribution < -0.4 is 0 Å². The van der Waals surface area contributed by atoms with Crippen molar-refractivity contribution in [3.63, 3.8) is 0 Å². The van der Waals surface area contributed by atoms with Gasteiger partial charge in [0.05, 0.1) is 19.3 Å². The van der Waals surface area contributed by atoms with Gasteiger partial charge in [-0.3, -0.25) is 4.90 Å². The first-order chi connectivity index (χ1) is 10.7. The second-order valence-corrected chi connectivity index (χ2v) is 6.65. The average Bonchev–Trinajstić information content (AvgIpc) is 3.01. The molecule has 0 bridgehead atoms.